The molecule has 0 fully saturated rings. The second-order valence-electron chi connectivity index (χ2n) is 5.62. The summed E-state index contributed by atoms with van der Waals surface area (Å²) in [5, 5.41) is 9.01. The number of rotatable bonds is 5. The molecule has 0 aliphatic heterocycles. The molecular formula is C17H20N4OS. The van der Waals surface area contributed by atoms with Crippen LogP contribution in [0.15, 0.2) is 40.5 Å². The number of nitrogens with zero attached hydrogens (tertiary/aromatic N) is 4. The van der Waals surface area contributed by atoms with Crippen LogP contribution in [-0.2, 0) is 0 Å². The smallest absolute Gasteiger partial charge is 0.280 e. The zero-order valence-electron chi connectivity index (χ0n) is 13.6. The molecule has 0 N–H and O–H groups in total. The van der Waals surface area contributed by atoms with Crippen LogP contribution in [-0.4, -0.2) is 24.9 Å². The Bertz CT molecular complexity index is 897. The number of aromatic nitrogens is 4. The van der Waals surface area contributed by atoms with E-state index < -0.39 is 0 Å². The average Bonchev–Trinajstić information content (AvgIpc) is 2.95. The molecule has 3 aromatic rings. The minimum absolute atomic E-state index is 0.148. The van der Waals surface area contributed by atoms with Gasteiger partial charge in [0.25, 0.3) is 0 Å². The first-order chi connectivity index (χ1) is 11.1. The molecule has 0 saturated heterocycles. The van der Waals surface area contributed by atoms with Crippen molar-refractivity contribution in [3.05, 3.63) is 52.1 Å². The highest BCUT2D eigenvalue weighted by atomic mass is 32.2. The van der Waals surface area contributed by atoms with Gasteiger partial charge in [-0.25, -0.2) is 0 Å². The van der Waals surface area contributed by atoms with Crippen LogP contribution >= 0.6 is 11.8 Å². The first kappa shape index (κ1) is 15.8. The van der Waals surface area contributed by atoms with Crippen LogP contribution in [0.25, 0.3) is 11.3 Å². The average molecular weight is 328 g/mol. The molecule has 0 spiro atoms. The van der Waals surface area contributed by atoms with E-state index in [9.17, 15) is 4.79 Å². The highest BCUT2D eigenvalue weighted by Gasteiger charge is 2.12. The van der Waals surface area contributed by atoms with Gasteiger partial charge in [0.15, 0.2) is 5.16 Å². The molecule has 0 atom stereocenters. The molecule has 0 saturated carbocycles. The van der Waals surface area contributed by atoms with E-state index in [4.69, 9.17) is 0 Å². The largest absolute Gasteiger partial charge is 0.300 e. The van der Waals surface area contributed by atoms with Crippen molar-refractivity contribution in [2.45, 2.75) is 38.8 Å². The Kier molecular flexibility index (Phi) is 4.52. The van der Waals surface area contributed by atoms with Gasteiger partial charge in [0.1, 0.15) is 0 Å². The maximum absolute atomic E-state index is 12.7. The Balaban J connectivity index is 2.02. The lowest BCUT2D eigenvalue weighted by Crippen LogP contribution is -2.20. The van der Waals surface area contributed by atoms with Gasteiger partial charge >= 0.3 is 5.56 Å². The van der Waals surface area contributed by atoms with Crippen LogP contribution in [0.5, 0.6) is 0 Å². The summed E-state index contributed by atoms with van der Waals surface area (Å²) in [5.74, 6) is 0.984. The van der Waals surface area contributed by atoms with Crippen molar-refractivity contribution in [3.8, 4) is 5.69 Å². The molecule has 0 radical (unpaired) electrons. The normalized spacial score (nSPS) is 11.3. The summed E-state index contributed by atoms with van der Waals surface area (Å²) in [6.07, 6.45) is 5.91. The quantitative estimate of drug-likeness (QED) is 0.532. The lowest BCUT2D eigenvalue weighted by atomic mass is 10.1. The Morgan fingerprint density at radius 3 is 2.70 bits per heavy atom. The van der Waals surface area contributed by atoms with Crippen molar-refractivity contribution in [1.82, 2.24) is 19.2 Å². The van der Waals surface area contributed by atoms with E-state index in [-0.39, 0.29) is 5.56 Å². The van der Waals surface area contributed by atoms with E-state index in [2.05, 4.69) is 24.0 Å². The summed E-state index contributed by atoms with van der Waals surface area (Å²) in [6, 6.07) is 5.99. The van der Waals surface area contributed by atoms with Crippen molar-refractivity contribution in [2.75, 3.05) is 5.75 Å². The SMILES string of the molecule is CCCCSc1nnc2c(=O)n(-c3ccc(C)c(C)c3)ccn12. The number of benzene rings is 1. The third-order valence-electron chi connectivity index (χ3n) is 3.94. The third-order valence-corrected chi connectivity index (χ3v) is 4.97. The molecular weight excluding hydrogens is 308 g/mol. The Morgan fingerprint density at radius 1 is 1.13 bits per heavy atom. The highest BCUT2D eigenvalue weighted by molar-refractivity contribution is 7.99. The topological polar surface area (TPSA) is 52.2 Å². The van der Waals surface area contributed by atoms with Crippen LogP contribution < -0.4 is 5.56 Å². The lowest BCUT2D eigenvalue weighted by molar-refractivity contribution is 0.872. The zero-order valence-corrected chi connectivity index (χ0v) is 14.4. The fourth-order valence-corrected chi connectivity index (χ4v) is 3.35. The first-order valence-corrected chi connectivity index (χ1v) is 8.77. The molecule has 5 nitrogen and oxygen atoms in total. The van der Waals surface area contributed by atoms with Crippen molar-refractivity contribution in [3.63, 3.8) is 0 Å². The Morgan fingerprint density at radius 2 is 1.96 bits per heavy atom. The molecule has 0 unspecified atom stereocenters. The molecule has 2 heterocycles. The van der Waals surface area contributed by atoms with E-state index in [1.165, 1.54) is 5.56 Å². The molecule has 0 bridgehead atoms. The molecule has 2 aromatic heterocycles. The van der Waals surface area contributed by atoms with Crippen LogP contribution in [0.2, 0.25) is 0 Å². The summed E-state index contributed by atoms with van der Waals surface area (Å²) < 4.78 is 3.40. The third kappa shape index (κ3) is 3.03. The second kappa shape index (κ2) is 6.58. The van der Waals surface area contributed by atoms with Gasteiger partial charge in [-0.15, -0.1) is 10.2 Å². The van der Waals surface area contributed by atoms with E-state index >= 15 is 0 Å². The van der Waals surface area contributed by atoms with Crippen molar-refractivity contribution in [2.24, 2.45) is 0 Å². The predicted molar refractivity (Wildman–Crippen MR) is 93.7 cm³/mol. The molecule has 6 heteroatoms. The van der Waals surface area contributed by atoms with Crippen molar-refractivity contribution >= 4 is 17.4 Å². The highest BCUT2D eigenvalue weighted by Crippen LogP contribution is 2.18. The standard InChI is InChI=1S/C17H20N4OS/c1-4-5-10-23-17-19-18-15-16(22)20(8-9-21(15)17)14-7-6-12(2)13(3)11-14/h6-9,11H,4-5,10H2,1-3H3. The number of unbranched alkanes of at least 4 members (excludes halogenated alkanes) is 1. The summed E-state index contributed by atoms with van der Waals surface area (Å²) in [6.45, 7) is 6.26. The fourth-order valence-electron chi connectivity index (χ4n) is 2.35. The van der Waals surface area contributed by atoms with E-state index in [1.54, 1.807) is 26.9 Å². The van der Waals surface area contributed by atoms with Gasteiger partial charge in [-0.05, 0) is 43.5 Å². The first-order valence-electron chi connectivity index (χ1n) is 7.78. The summed E-state index contributed by atoms with van der Waals surface area (Å²) >= 11 is 1.64. The number of fused-ring (bicyclic) bond motifs is 1. The monoisotopic (exact) mass is 328 g/mol. The number of aryl methyl sites for hydroxylation is 2. The predicted octanol–water partition coefficient (Wildman–Crippen LogP) is 3.39. The molecule has 23 heavy (non-hydrogen) atoms. The van der Waals surface area contributed by atoms with Gasteiger partial charge in [-0.2, -0.15) is 0 Å². The summed E-state index contributed by atoms with van der Waals surface area (Å²) in [7, 11) is 0. The maximum atomic E-state index is 12.7. The van der Waals surface area contributed by atoms with Gasteiger partial charge in [-0.1, -0.05) is 31.2 Å². The molecule has 0 amide bonds. The minimum Gasteiger partial charge on any atom is -0.280 e. The maximum Gasteiger partial charge on any atom is 0.300 e. The zero-order chi connectivity index (χ0) is 16.4. The van der Waals surface area contributed by atoms with Gasteiger partial charge in [0.2, 0.25) is 5.65 Å². The van der Waals surface area contributed by atoms with Crippen LogP contribution in [0, 0.1) is 13.8 Å². The molecule has 0 aliphatic rings. The van der Waals surface area contributed by atoms with E-state index in [1.807, 2.05) is 31.3 Å². The van der Waals surface area contributed by atoms with Gasteiger partial charge < -0.3 is 0 Å². The van der Waals surface area contributed by atoms with E-state index in [0.29, 0.717) is 5.65 Å². The summed E-state index contributed by atoms with van der Waals surface area (Å²) in [4.78, 5) is 12.7. The second-order valence-corrected chi connectivity index (χ2v) is 6.68. The Hall–Kier alpha value is -2.08. The fraction of sp³-hybridized carbons (Fsp3) is 0.353. The van der Waals surface area contributed by atoms with E-state index in [0.717, 1.165) is 35.0 Å². The number of thioether (sulfide) groups is 1. The van der Waals surface area contributed by atoms with Crippen molar-refractivity contribution < 1.29 is 0 Å². The molecule has 0 aliphatic carbocycles. The number of hydrogen-bond donors (Lipinski definition) is 0. The van der Waals surface area contributed by atoms with Crippen LogP contribution in [0.3, 0.4) is 0 Å². The van der Waals surface area contributed by atoms with Crippen LogP contribution in [0.4, 0.5) is 0 Å². The lowest BCUT2D eigenvalue weighted by Gasteiger charge is -2.08. The molecule has 3 rings (SSSR count). The van der Waals surface area contributed by atoms with Gasteiger partial charge in [0, 0.05) is 23.8 Å². The Labute approximate surface area is 139 Å². The minimum atomic E-state index is -0.148. The van der Waals surface area contributed by atoms with Crippen molar-refractivity contribution in [1.29, 1.82) is 0 Å². The van der Waals surface area contributed by atoms with Gasteiger partial charge in [-0.3, -0.25) is 13.8 Å². The molecule has 120 valence electrons. The number of hydrogen-bond acceptors (Lipinski definition) is 4. The summed E-state index contributed by atoms with van der Waals surface area (Å²) in [5.41, 5.74) is 3.44. The molecule has 1 aromatic carbocycles. The van der Waals surface area contributed by atoms with Crippen LogP contribution in [0.1, 0.15) is 30.9 Å². The van der Waals surface area contributed by atoms with Gasteiger partial charge in [0.05, 0.1) is 0 Å².